The average Bonchev–Trinajstić information content (AvgIpc) is 3.36. The number of rotatable bonds is 8. The van der Waals surface area contributed by atoms with Crippen molar-refractivity contribution in [2.75, 3.05) is 63.6 Å². The highest BCUT2D eigenvalue weighted by atomic mass is 35.5. The molecule has 2 aromatic carbocycles. The number of morpholine rings is 2. The predicted molar refractivity (Wildman–Crippen MR) is 163 cm³/mol. The number of nitrogens with zero attached hydrogens (tertiary/aromatic N) is 4. The Hall–Kier alpha value is -1.77. The molecule has 9 nitrogen and oxygen atoms in total. The molecule has 218 valence electrons. The average molecular weight is 627 g/mol. The molecule has 0 spiro atoms. The van der Waals surface area contributed by atoms with Crippen LogP contribution >= 0.6 is 35.5 Å². The van der Waals surface area contributed by atoms with Gasteiger partial charge in [-0.15, -0.1) is 24.2 Å². The smallest absolute Gasteiger partial charge is 0.260 e. The van der Waals surface area contributed by atoms with E-state index in [1.165, 1.54) is 27.8 Å². The first-order valence-corrected chi connectivity index (χ1v) is 16.5. The number of amides is 1. The van der Waals surface area contributed by atoms with E-state index in [9.17, 15) is 13.2 Å². The molecule has 1 amide bonds. The van der Waals surface area contributed by atoms with E-state index in [1.54, 1.807) is 28.8 Å². The number of hydrogen-bond acceptors (Lipinski definition) is 9. The third kappa shape index (κ3) is 6.99. The first-order valence-electron chi connectivity index (χ1n) is 13.1. The van der Waals surface area contributed by atoms with Crippen molar-refractivity contribution in [3.63, 3.8) is 0 Å². The number of halogens is 1. The van der Waals surface area contributed by atoms with Crippen LogP contribution in [0.2, 0.25) is 0 Å². The Kier molecular flexibility index (Phi) is 10.5. The number of hydrogen-bond donors (Lipinski definition) is 0. The molecule has 2 aliphatic heterocycles. The summed E-state index contributed by atoms with van der Waals surface area (Å²) in [6, 6.07) is 12.4. The van der Waals surface area contributed by atoms with Gasteiger partial charge < -0.3 is 9.47 Å². The van der Waals surface area contributed by atoms with E-state index in [0.29, 0.717) is 50.1 Å². The summed E-state index contributed by atoms with van der Waals surface area (Å²) in [5.74, 6) is -0.204. The Morgan fingerprint density at radius 2 is 1.77 bits per heavy atom. The van der Waals surface area contributed by atoms with Gasteiger partial charge in [0, 0.05) is 49.7 Å². The van der Waals surface area contributed by atoms with Gasteiger partial charge in [0.25, 0.3) is 5.91 Å². The zero-order valence-electron chi connectivity index (χ0n) is 22.8. The van der Waals surface area contributed by atoms with Crippen LogP contribution in [0.3, 0.4) is 0 Å². The third-order valence-electron chi connectivity index (χ3n) is 6.93. The van der Waals surface area contributed by atoms with Gasteiger partial charge in [0.15, 0.2) is 5.13 Å². The van der Waals surface area contributed by atoms with Gasteiger partial charge in [0.1, 0.15) is 0 Å². The molecule has 13 heteroatoms. The lowest BCUT2D eigenvalue weighted by Crippen LogP contribution is -2.48. The first-order chi connectivity index (χ1) is 18.7. The van der Waals surface area contributed by atoms with Crippen LogP contribution < -0.4 is 4.90 Å². The quantitative estimate of drug-likeness (QED) is 0.343. The fourth-order valence-electron chi connectivity index (χ4n) is 4.89. The minimum absolute atomic E-state index is 0. The highest BCUT2D eigenvalue weighted by Gasteiger charge is 2.32. The van der Waals surface area contributed by atoms with Crippen LogP contribution in [0.25, 0.3) is 10.2 Å². The number of benzene rings is 2. The Labute approximate surface area is 250 Å². The highest BCUT2D eigenvalue weighted by Crippen LogP contribution is 2.32. The van der Waals surface area contributed by atoms with E-state index in [2.05, 4.69) is 11.0 Å². The summed E-state index contributed by atoms with van der Waals surface area (Å²) in [7, 11) is -3.69. The molecule has 3 aromatic rings. The molecule has 0 saturated carbocycles. The van der Waals surface area contributed by atoms with Gasteiger partial charge >= 0.3 is 0 Å². The minimum atomic E-state index is -3.69. The zero-order chi connectivity index (χ0) is 27.6. The number of anilines is 1. The van der Waals surface area contributed by atoms with Crippen LogP contribution in [0, 0.1) is 0 Å². The number of carbonyl (C=O) groups is 1. The summed E-state index contributed by atoms with van der Waals surface area (Å²) < 4.78 is 40.2. The van der Waals surface area contributed by atoms with E-state index in [4.69, 9.17) is 14.5 Å². The van der Waals surface area contributed by atoms with Crippen molar-refractivity contribution in [1.29, 1.82) is 0 Å². The second-order valence-electron chi connectivity index (χ2n) is 9.84. The van der Waals surface area contributed by atoms with Crippen molar-refractivity contribution in [3.05, 3.63) is 48.0 Å². The maximum atomic E-state index is 13.8. The predicted octanol–water partition coefficient (Wildman–Crippen LogP) is 4.22. The lowest BCUT2D eigenvalue weighted by atomic mass is 10.2. The number of aromatic nitrogens is 1. The van der Waals surface area contributed by atoms with Crippen LogP contribution in [-0.4, -0.2) is 99.5 Å². The molecule has 0 radical (unpaired) electrons. The number of fused-ring (bicyclic) bond motifs is 1. The third-order valence-corrected chi connectivity index (χ3v) is 10.5. The van der Waals surface area contributed by atoms with E-state index in [0.717, 1.165) is 28.2 Å². The number of ether oxygens (including phenoxy) is 2. The molecule has 1 aromatic heterocycles. The summed E-state index contributed by atoms with van der Waals surface area (Å²) in [5.41, 5.74) is 1.27. The maximum Gasteiger partial charge on any atom is 0.260 e. The van der Waals surface area contributed by atoms with Crippen molar-refractivity contribution in [3.8, 4) is 0 Å². The minimum Gasteiger partial charge on any atom is -0.379 e. The van der Waals surface area contributed by atoms with Crippen LogP contribution in [0.15, 0.2) is 52.3 Å². The molecule has 2 aliphatic rings. The van der Waals surface area contributed by atoms with Gasteiger partial charge in [0.2, 0.25) is 10.0 Å². The second kappa shape index (κ2) is 13.5. The molecule has 5 rings (SSSR count). The number of carbonyl (C=O) groups excluding carboxylic acids is 1. The molecule has 3 heterocycles. The van der Waals surface area contributed by atoms with Gasteiger partial charge in [-0.3, -0.25) is 14.6 Å². The van der Waals surface area contributed by atoms with Crippen molar-refractivity contribution < 1.29 is 22.7 Å². The van der Waals surface area contributed by atoms with Crippen molar-refractivity contribution in [2.45, 2.75) is 35.8 Å². The lowest BCUT2D eigenvalue weighted by Gasteiger charge is -2.34. The van der Waals surface area contributed by atoms with Crippen LogP contribution in [-0.2, 0) is 19.5 Å². The molecule has 2 unspecified atom stereocenters. The fraction of sp³-hybridized carbons (Fsp3) is 0.481. The van der Waals surface area contributed by atoms with Crippen molar-refractivity contribution >= 4 is 66.8 Å². The van der Waals surface area contributed by atoms with Gasteiger partial charge in [-0.05, 0) is 62.6 Å². The number of thioether (sulfide) groups is 1. The molecule has 0 aliphatic carbocycles. The van der Waals surface area contributed by atoms with Gasteiger partial charge in [0.05, 0.1) is 40.5 Å². The zero-order valence-corrected chi connectivity index (χ0v) is 26.1. The SMILES string of the molecule is CSc1ccc2nc(N(CCN3CCOCC3)C(=O)c3ccc(S(=O)(=O)N4CC(C)OC(C)C4)cc3)sc2c1.Cl. The van der Waals surface area contributed by atoms with Gasteiger partial charge in [-0.1, -0.05) is 11.3 Å². The van der Waals surface area contributed by atoms with E-state index < -0.39 is 10.0 Å². The molecule has 40 heavy (non-hydrogen) atoms. The van der Waals surface area contributed by atoms with E-state index >= 15 is 0 Å². The van der Waals surface area contributed by atoms with Crippen LogP contribution in [0.5, 0.6) is 0 Å². The van der Waals surface area contributed by atoms with E-state index in [-0.39, 0.29) is 35.4 Å². The molecule has 0 bridgehead atoms. The summed E-state index contributed by atoms with van der Waals surface area (Å²) in [6.07, 6.45) is 1.68. The maximum absolute atomic E-state index is 13.8. The number of thiazole rings is 1. The van der Waals surface area contributed by atoms with E-state index in [1.807, 2.05) is 32.2 Å². The Bertz CT molecular complexity index is 1400. The summed E-state index contributed by atoms with van der Waals surface area (Å²) in [6.45, 7) is 8.53. The Balaban J connectivity index is 0.00000370. The molecule has 2 fully saturated rings. The summed E-state index contributed by atoms with van der Waals surface area (Å²) in [5, 5.41) is 0.634. The monoisotopic (exact) mass is 626 g/mol. The largest absolute Gasteiger partial charge is 0.379 e. The number of sulfonamides is 1. The second-order valence-corrected chi connectivity index (χ2v) is 13.7. The van der Waals surface area contributed by atoms with Gasteiger partial charge in [-0.2, -0.15) is 4.31 Å². The summed E-state index contributed by atoms with van der Waals surface area (Å²) >= 11 is 3.16. The van der Waals surface area contributed by atoms with Crippen LogP contribution in [0.1, 0.15) is 24.2 Å². The molecular weight excluding hydrogens is 592 g/mol. The topological polar surface area (TPSA) is 92.3 Å². The summed E-state index contributed by atoms with van der Waals surface area (Å²) in [4.78, 5) is 23.9. The molecular formula is C27H35ClN4O5S3. The standard InChI is InChI=1S/C27H34N4O5S3.ClH/c1-19-17-30(18-20(2)36-19)39(33,34)23-7-4-21(5-8-23)26(32)31(11-10-29-12-14-35-15-13-29)27-28-24-9-6-22(37-3)16-25(24)38-27;/h4-9,16,19-20H,10-15,17-18H2,1-3H3;1H. The van der Waals surface area contributed by atoms with Crippen LogP contribution in [0.4, 0.5) is 5.13 Å². The Morgan fingerprint density at radius 3 is 2.42 bits per heavy atom. The molecule has 0 N–H and O–H groups in total. The van der Waals surface area contributed by atoms with Crippen molar-refractivity contribution in [1.82, 2.24) is 14.2 Å². The first kappa shape index (κ1) is 31.2. The molecule has 2 saturated heterocycles. The normalized spacial score (nSPS) is 20.8. The Morgan fingerprint density at radius 1 is 1.10 bits per heavy atom. The fourth-order valence-corrected chi connectivity index (χ4v) is 8.02. The highest BCUT2D eigenvalue weighted by molar-refractivity contribution is 7.98. The lowest BCUT2D eigenvalue weighted by molar-refractivity contribution is -0.0440. The van der Waals surface area contributed by atoms with Gasteiger partial charge in [-0.25, -0.2) is 13.4 Å². The molecule has 2 atom stereocenters. The van der Waals surface area contributed by atoms with Crippen molar-refractivity contribution in [2.24, 2.45) is 0 Å².